The van der Waals surface area contributed by atoms with Crippen molar-refractivity contribution in [2.75, 3.05) is 63.8 Å². The lowest BCUT2D eigenvalue weighted by Gasteiger charge is -2.34. The summed E-state index contributed by atoms with van der Waals surface area (Å²) in [6.45, 7) is 12.9. The summed E-state index contributed by atoms with van der Waals surface area (Å²) in [6.07, 6.45) is 1.63. The van der Waals surface area contributed by atoms with Gasteiger partial charge in [0.25, 0.3) is 0 Å². The van der Waals surface area contributed by atoms with E-state index in [0.29, 0.717) is 0 Å². The van der Waals surface area contributed by atoms with Crippen molar-refractivity contribution in [3.05, 3.63) is 47.9 Å². The van der Waals surface area contributed by atoms with E-state index in [1.165, 1.54) is 12.1 Å². The molecule has 1 aromatic carbocycles. The molecule has 5 rings (SSSR count). The monoisotopic (exact) mass is 493 g/mol. The molecular weight excluding hydrogens is 457 g/mol. The largest absolute Gasteiger partial charge is 0.356 e. The maximum absolute atomic E-state index is 13.4. The summed E-state index contributed by atoms with van der Waals surface area (Å²) in [5, 5.41) is 7.96. The molecule has 1 N–H and O–H groups in total. The van der Waals surface area contributed by atoms with Gasteiger partial charge in [-0.3, -0.25) is 9.69 Å². The van der Waals surface area contributed by atoms with Gasteiger partial charge >= 0.3 is 0 Å². The first-order valence-electron chi connectivity index (χ1n) is 13.1. The Morgan fingerprint density at radius 2 is 1.72 bits per heavy atom. The number of likely N-dealkylation sites (N-methyl/N-ethyl adjacent to an activating group) is 1. The normalized spacial score (nSPS) is 18.1. The Kier molecular flexibility index (Phi) is 7.48. The number of benzene rings is 1. The molecule has 2 fully saturated rings. The van der Waals surface area contributed by atoms with E-state index in [2.05, 4.69) is 31.9 Å². The summed E-state index contributed by atoms with van der Waals surface area (Å²) in [5.74, 6) is 0.939. The zero-order chi connectivity index (χ0) is 25.1. The van der Waals surface area contributed by atoms with Gasteiger partial charge in [-0.05, 0) is 50.6 Å². The first-order chi connectivity index (χ1) is 17.5. The molecule has 2 aliphatic heterocycles. The van der Waals surface area contributed by atoms with Gasteiger partial charge in [-0.1, -0.05) is 6.92 Å². The van der Waals surface area contributed by atoms with Crippen LogP contribution in [0.5, 0.6) is 0 Å². The molecule has 0 atom stereocenters. The van der Waals surface area contributed by atoms with Crippen molar-refractivity contribution < 1.29 is 9.18 Å². The Hall–Kier alpha value is -3.04. The molecule has 0 aliphatic carbocycles. The summed E-state index contributed by atoms with van der Waals surface area (Å²) in [7, 11) is 0. The van der Waals surface area contributed by atoms with Crippen molar-refractivity contribution in [3.63, 3.8) is 0 Å². The Balaban J connectivity index is 1.17. The van der Waals surface area contributed by atoms with Crippen molar-refractivity contribution in [1.82, 2.24) is 29.7 Å². The van der Waals surface area contributed by atoms with Gasteiger partial charge in [-0.25, -0.2) is 9.37 Å². The number of aromatic nitrogens is 3. The molecule has 192 valence electrons. The number of anilines is 1. The highest BCUT2D eigenvalue weighted by Gasteiger charge is 2.27. The number of aryl methyl sites for hydroxylation is 1. The van der Waals surface area contributed by atoms with E-state index in [4.69, 9.17) is 5.10 Å². The summed E-state index contributed by atoms with van der Waals surface area (Å²) in [5.41, 5.74) is 3.31. The van der Waals surface area contributed by atoms with Gasteiger partial charge < -0.3 is 15.1 Å². The third-order valence-corrected chi connectivity index (χ3v) is 7.51. The second-order valence-electron chi connectivity index (χ2n) is 9.89. The number of amides is 1. The number of halogens is 1. The number of rotatable bonds is 7. The topological polar surface area (TPSA) is 69.0 Å². The Morgan fingerprint density at radius 1 is 1.03 bits per heavy atom. The van der Waals surface area contributed by atoms with Crippen LogP contribution in [0.4, 0.5) is 10.2 Å². The van der Waals surface area contributed by atoms with Crippen LogP contribution < -0.4 is 10.2 Å². The average Bonchev–Trinajstić information content (AvgIpc) is 3.33. The highest BCUT2D eigenvalue weighted by molar-refractivity contribution is 5.79. The summed E-state index contributed by atoms with van der Waals surface area (Å²) in [6, 6.07) is 10.3. The third-order valence-electron chi connectivity index (χ3n) is 7.51. The van der Waals surface area contributed by atoms with E-state index in [1.54, 1.807) is 12.1 Å². The number of carbonyl (C=O) groups is 1. The Morgan fingerprint density at radius 3 is 2.42 bits per heavy atom. The molecule has 0 bridgehead atoms. The first-order valence-corrected chi connectivity index (χ1v) is 13.1. The van der Waals surface area contributed by atoms with Crippen LogP contribution in [0.2, 0.25) is 0 Å². The van der Waals surface area contributed by atoms with Crippen LogP contribution >= 0.6 is 0 Å². The average molecular weight is 494 g/mol. The number of nitrogens with zero attached hydrogens (tertiary/aromatic N) is 6. The highest BCUT2D eigenvalue weighted by Crippen LogP contribution is 2.27. The van der Waals surface area contributed by atoms with Crippen LogP contribution in [0, 0.1) is 18.7 Å². The number of nitrogens with one attached hydrogen (secondary N) is 1. The number of hydrogen-bond donors (Lipinski definition) is 1. The van der Waals surface area contributed by atoms with Gasteiger partial charge in [0, 0.05) is 81.7 Å². The standard InChI is InChI=1S/C27H36FN7O/c1-3-32-14-16-33(17-15-32)13-10-29-27(36)22-8-11-34(12-9-22)26-18-20(2)30-25-19-24(31-35(25)26)21-4-6-23(28)7-5-21/h4-7,18-19,22H,3,8-17H2,1-2H3,(H,29,36). The molecule has 2 aromatic heterocycles. The molecule has 0 saturated carbocycles. The lowest BCUT2D eigenvalue weighted by Crippen LogP contribution is -2.49. The van der Waals surface area contributed by atoms with Crippen LogP contribution in [0.3, 0.4) is 0 Å². The van der Waals surface area contributed by atoms with E-state index in [-0.39, 0.29) is 17.6 Å². The Labute approximate surface area is 212 Å². The second kappa shape index (κ2) is 10.9. The van der Waals surface area contributed by atoms with E-state index >= 15 is 0 Å². The van der Waals surface area contributed by atoms with Gasteiger partial charge in [0.1, 0.15) is 11.6 Å². The molecule has 0 unspecified atom stereocenters. The fourth-order valence-electron chi connectivity index (χ4n) is 5.25. The highest BCUT2D eigenvalue weighted by atomic mass is 19.1. The number of fused-ring (bicyclic) bond motifs is 1. The maximum Gasteiger partial charge on any atom is 0.223 e. The zero-order valence-electron chi connectivity index (χ0n) is 21.3. The van der Waals surface area contributed by atoms with Crippen LogP contribution in [-0.2, 0) is 4.79 Å². The SMILES string of the molecule is CCN1CCN(CCNC(=O)C2CCN(c3cc(C)nc4cc(-c5ccc(F)cc5)nn34)CC2)CC1. The minimum atomic E-state index is -0.265. The van der Waals surface area contributed by atoms with Crippen molar-refractivity contribution >= 4 is 17.4 Å². The molecule has 8 nitrogen and oxygen atoms in total. The van der Waals surface area contributed by atoms with Gasteiger partial charge in [0.15, 0.2) is 5.65 Å². The maximum atomic E-state index is 13.4. The van der Waals surface area contributed by atoms with Crippen molar-refractivity contribution in [3.8, 4) is 11.3 Å². The van der Waals surface area contributed by atoms with E-state index in [0.717, 1.165) is 100 Å². The molecule has 3 aromatic rings. The van der Waals surface area contributed by atoms with E-state index < -0.39 is 0 Å². The van der Waals surface area contributed by atoms with Crippen molar-refractivity contribution in [2.24, 2.45) is 5.92 Å². The smallest absolute Gasteiger partial charge is 0.223 e. The summed E-state index contributed by atoms with van der Waals surface area (Å²) >= 11 is 0. The molecule has 1 amide bonds. The molecule has 0 radical (unpaired) electrons. The zero-order valence-corrected chi connectivity index (χ0v) is 21.3. The molecule has 9 heteroatoms. The van der Waals surface area contributed by atoms with Crippen molar-refractivity contribution in [1.29, 1.82) is 0 Å². The van der Waals surface area contributed by atoms with Gasteiger partial charge in [-0.15, -0.1) is 0 Å². The number of carbonyl (C=O) groups excluding carboxylic acids is 1. The first kappa shape index (κ1) is 24.6. The van der Waals surface area contributed by atoms with Gasteiger partial charge in [0.05, 0.1) is 5.69 Å². The van der Waals surface area contributed by atoms with Crippen LogP contribution in [0.25, 0.3) is 16.9 Å². The third kappa shape index (κ3) is 5.52. The molecule has 0 spiro atoms. The van der Waals surface area contributed by atoms with Crippen LogP contribution in [0.15, 0.2) is 36.4 Å². The lowest BCUT2D eigenvalue weighted by atomic mass is 9.96. The fourth-order valence-corrected chi connectivity index (χ4v) is 5.25. The van der Waals surface area contributed by atoms with Crippen LogP contribution in [0.1, 0.15) is 25.5 Å². The Bertz CT molecular complexity index is 1180. The minimum Gasteiger partial charge on any atom is -0.356 e. The van der Waals surface area contributed by atoms with Crippen LogP contribution in [-0.4, -0.2) is 89.2 Å². The predicted molar refractivity (Wildman–Crippen MR) is 140 cm³/mol. The molecule has 2 saturated heterocycles. The number of hydrogen-bond acceptors (Lipinski definition) is 6. The van der Waals surface area contributed by atoms with Gasteiger partial charge in [-0.2, -0.15) is 9.61 Å². The van der Waals surface area contributed by atoms with Gasteiger partial charge in [0.2, 0.25) is 5.91 Å². The molecule has 36 heavy (non-hydrogen) atoms. The van der Waals surface area contributed by atoms with Crippen molar-refractivity contribution in [2.45, 2.75) is 26.7 Å². The van der Waals surface area contributed by atoms with E-state index in [9.17, 15) is 9.18 Å². The fraction of sp³-hybridized carbons (Fsp3) is 0.519. The lowest BCUT2D eigenvalue weighted by molar-refractivity contribution is -0.125. The minimum absolute atomic E-state index is 0.0454. The quantitative estimate of drug-likeness (QED) is 0.546. The number of piperidine rings is 1. The summed E-state index contributed by atoms with van der Waals surface area (Å²) < 4.78 is 15.2. The number of piperazine rings is 1. The molecular formula is C27H36FN7O. The summed E-state index contributed by atoms with van der Waals surface area (Å²) in [4.78, 5) is 24.7. The predicted octanol–water partition coefficient (Wildman–Crippen LogP) is 2.81. The second-order valence-corrected chi connectivity index (χ2v) is 9.89. The molecule has 2 aliphatic rings. The van der Waals surface area contributed by atoms with E-state index in [1.807, 2.05) is 23.6 Å². The molecule has 4 heterocycles.